The van der Waals surface area contributed by atoms with Gasteiger partial charge in [0.05, 0.1) is 17.1 Å². The summed E-state index contributed by atoms with van der Waals surface area (Å²) in [5, 5.41) is -0.305. The van der Waals surface area contributed by atoms with Gasteiger partial charge in [-0.25, -0.2) is 13.4 Å². The summed E-state index contributed by atoms with van der Waals surface area (Å²) in [5.74, 6) is 0. The molecular weight excluding hydrogens is 374 g/mol. The van der Waals surface area contributed by atoms with Crippen LogP contribution in [0.3, 0.4) is 0 Å². The fourth-order valence-corrected chi connectivity index (χ4v) is 4.73. The van der Waals surface area contributed by atoms with Crippen molar-refractivity contribution in [3.63, 3.8) is 0 Å². The zero-order valence-corrected chi connectivity index (χ0v) is 17.9. The molecule has 1 aliphatic rings. The molecule has 0 radical (unpaired) electrons. The van der Waals surface area contributed by atoms with Gasteiger partial charge < -0.3 is 9.30 Å². The Morgan fingerprint density at radius 1 is 1.21 bits per heavy atom. The number of aromatic nitrogens is 2. The molecule has 0 saturated carbocycles. The molecule has 1 aromatic carbocycles. The molecule has 1 saturated heterocycles. The highest BCUT2D eigenvalue weighted by molar-refractivity contribution is 7.91. The van der Waals surface area contributed by atoms with Crippen molar-refractivity contribution >= 4 is 9.84 Å². The van der Waals surface area contributed by atoms with Gasteiger partial charge >= 0.3 is 0 Å². The summed E-state index contributed by atoms with van der Waals surface area (Å²) in [6, 6.07) is 10.6. The lowest BCUT2D eigenvalue weighted by Gasteiger charge is -2.31. The van der Waals surface area contributed by atoms with E-state index in [1.807, 2.05) is 22.8 Å². The van der Waals surface area contributed by atoms with Crippen molar-refractivity contribution in [2.24, 2.45) is 0 Å². The standard InChI is InChI=1S/C21H31N3O3S/c1-17(2)28(25,26)21-22-15-20(16-23(3)19-10-13-27-14-11-19)24(21)12-9-18-7-5-4-6-8-18/h4-8,15,17,19H,9-14,16H2,1-3H3. The molecule has 1 fully saturated rings. The molecule has 154 valence electrons. The predicted octanol–water partition coefficient (Wildman–Crippen LogP) is 2.92. The summed E-state index contributed by atoms with van der Waals surface area (Å²) in [6.45, 7) is 6.27. The quantitative estimate of drug-likeness (QED) is 0.676. The summed E-state index contributed by atoms with van der Waals surface area (Å²) >= 11 is 0. The predicted molar refractivity (Wildman–Crippen MR) is 110 cm³/mol. The van der Waals surface area contributed by atoms with Crippen molar-refractivity contribution in [2.75, 3.05) is 20.3 Å². The SMILES string of the molecule is CC(C)S(=O)(=O)c1ncc(CN(C)C2CCOCC2)n1CCc1ccccc1. The monoisotopic (exact) mass is 405 g/mol. The number of hydrogen-bond acceptors (Lipinski definition) is 5. The average Bonchev–Trinajstić information content (AvgIpc) is 3.11. The van der Waals surface area contributed by atoms with Crippen molar-refractivity contribution in [2.45, 2.75) is 62.6 Å². The maximum Gasteiger partial charge on any atom is 0.228 e. The van der Waals surface area contributed by atoms with Crippen molar-refractivity contribution in [3.05, 3.63) is 47.8 Å². The third-order valence-electron chi connectivity index (χ3n) is 5.47. The summed E-state index contributed by atoms with van der Waals surface area (Å²) in [5.41, 5.74) is 2.14. The summed E-state index contributed by atoms with van der Waals surface area (Å²) in [6.07, 6.45) is 4.51. The minimum Gasteiger partial charge on any atom is -0.381 e. The van der Waals surface area contributed by atoms with Gasteiger partial charge in [0, 0.05) is 32.3 Å². The van der Waals surface area contributed by atoms with Crippen LogP contribution in [0.2, 0.25) is 0 Å². The van der Waals surface area contributed by atoms with E-state index in [1.165, 1.54) is 5.56 Å². The average molecular weight is 406 g/mol. The second-order valence-corrected chi connectivity index (χ2v) is 10.2. The maximum absolute atomic E-state index is 12.9. The molecule has 6 nitrogen and oxygen atoms in total. The van der Waals surface area contributed by atoms with Gasteiger partial charge in [-0.3, -0.25) is 4.90 Å². The van der Waals surface area contributed by atoms with Gasteiger partial charge in [-0.1, -0.05) is 30.3 Å². The Bertz CT molecular complexity index is 856. The van der Waals surface area contributed by atoms with Crippen molar-refractivity contribution in [1.82, 2.24) is 14.5 Å². The molecule has 2 heterocycles. The summed E-state index contributed by atoms with van der Waals surface area (Å²) in [7, 11) is -1.34. The normalized spacial score (nSPS) is 16.2. The van der Waals surface area contributed by atoms with E-state index in [0.717, 1.165) is 38.2 Å². The first-order valence-electron chi connectivity index (χ1n) is 10.00. The first-order valence-corrected chi connectivity index (χ1v) is 11.5. The first kappa shape index (κ1) is 21.0. The number of imidazole rings is 1. The molecule has 1 aromatic heterocycles. The third kappa shape index (κ3) is 4.82. The lowest BCUT2D eigenvalue weighted by Crippen LogP contribution is -2.36. The fourth-order valence-electron chi connectivity index (χ4n) is 3.59. The number of hydrogen-bond donors (Lipinski definition) is 0. The van der Waals surface area contributed by atoms with E-state index in [9.17, 15) is 8.42 Å². The van der Waals surface area contributed by atoms with E-state index in [2.05, 4.69) is 29.1 Å². The van der Waals surface area contributed by atoms with Gasteiger partial charge in [0.25, 0.3) is 0 Å². The number of ether oxygens (including phenoxy) is 1. The minimum atomic E-state index is -3.44. The Morgan fingerprint density at radius 2 is 1.89 bits per heavy atom. The molecule has 0 spiro atoms. The Kier molecular flexibility index (Phi) is 6.91. The lowest BCUT2D eigenvalue weighted by atomic mass is 10.1. The van der Waals surface area contributed by atoms with Gasteiger partial charge in [0.15, 0.2) is 0 Å². The highest BCUT2D eigenvalue weighted by Crippen LogP contribution is 2.21. The minimum absolute atomic E-state index is 0.189. The molecule has 0 N–H and O–H groups in total. The van der Waals surface area contributed by atoms with E-state index < -0.39 is 15.1 Å². The smallest absolute Gasteiger partial charge is 0.228 e. The highest BCUT2D eigenvalue weighted by Gasteiger charge is 2.28. The molecule has 0 aliphatic carbocycles. The van der Waals surface area contributed by atoms with Crippen LogP contribution in [0.15, 0.2) is 41.7 Å². The van der Waals surface area contributed by atoms with E-state index in [-0.39, 0.29) is 5.16 Å². The third-order valence-corrected chi connectivity index (χ3v) is 7.55. The topological polar surface area (TPSA) is 64.4 Å². The van der Waals surface area contributed by atoms with E-state index >= 15 is 0 Å². The van der Waals surface area contributed by atoms with Crippen molar-refractivity contribution in [3.8, 4) is 0 Å². The highest BCUT2D eigenvalue weighted by atomic mass is 32.2. The van der Waals surface area contributed by atoms with Gasteiger partial charge in [0.1, 0.15) is 0 Å². The molecule has 28 heavy (non-hydrogen) atoms. The molecule has 0 bridgehead atoms. The first-order chi connectivity index (χ1) is 13.4. The Hall–Kier alpha value is -1.70. The van der Waals surface area contributed by atoms with Gasteiger partial charge in [-0.2, -0.15) is 0 Å². The lowest BCUT2D eigenvalue weighted by molar-refractivity contribution is 0.0399. The van der Waals surface area contributed by atoms with Crippen LogP contribution in [-0.2, 0) is 34.1 Å². The van der Waals surface area contributed by atoms with Crippen LogP contribution in [0.1, 0.15) is 37.9 Å². The van der Waals surface area contributed by atoms with Crippen LogP contribution in [0.25, 0.3) is 0 Å². The molecule has 2 aromatic rings. The van der Waals surface area contributed by atoms with Crippen LogP contribution < -0.4 is 0 Å². The molecular formula is C21H31N3O3S. The largest absolute Gasteiger partial charge is 0.381 e. The van der Waals surface area contributed by atoms with E-state index in [1.54, 1.807) is 20.0 Å². The Labute approximate surface area is 168 Å². The molecule has 0 amide bonds. The summed E-state index contributed by atoms with van der Waals surface area (Å²) < 4.78 is 33.1. The van der Waals surface area contributed by atoms with Gasteiger partial charge in [0.2, 0.25) is 15.0 Å². The van der Waals surface area contributed by atoms with E-state index in [0.29, 0.717) is 19.1 Å². The fraction of sp³-hybridized carbons (Fsp3) is 0.571. The number of benzene rings is 1. The molecule has 7 heteroatoms. The van der Waals surface area contributed by atoms with Crippen LogP contribution >= 0.6 is 0 Å². The van der Waals surface area contributed by atoms with Crippen LogP contribution in [-0.4, -0.2) is 54.4 Å². The van der Waals surface area contributed by atoms with Crippen molar-refractivity contribution < 1.29 is 13.2 Å². The van der Waals surface area contributed by atoms with Crippen LogP contribution in [0.4, 0.5) is 0 Å². The summed E-state index contributed by atoms with van der Waals surface area (Å²) in [4.78, 5) is 6.64. The number of nitrogens with zero attached hydrogens (tertiary/aromatic N) is 3. The number of sulfone groups is 1. The number of aryl methyl sites for hydroxylation is 1. The molecule has 0 unspecified atom stereocenters. The Balaban J connectivity index is 1.85. The van der Waals surface area contributed by atoms with Crippen LogP contribution in [0.5, 0.6) is 0 Å². The van der Waals surface area contributed by atoms with E-state index in [4.69, 9.17) is 4.74 Å². The maximum atomic E-state index is 12.9. The van der Waals surface area contributed by atoms with Gasteiger partial charge in [-0.05, 0) is 45.7 Å². The van der Waals surface area contributed by atoms with Crippen molar-refractivity contribution in [1.29, 1.82) is 0 Å². The Morgan fingerprint density at radius 3 is 2.54 bits per heavy atom. The molecule has 0 atom stereocenters. The molecule has 3 rings (SSSR count). The van der Waals surface area contributed by atoms with Gasteiger partial charge in [-0.15, -0.1) is 0 Å². The second kappa shape index (κ2) is 9.20. The zero-order chi connectivity index (χ0) is 20.1. The molecule has 1 aliphatic heterocycles. The number of rotatable bonds is 8. The second-order valence-electron chi connectivity index (χ2n) is 7.77. The zero-order valence-electron chi connectivity index (χ0n) is 17.0. The van der Waals surface area contributed by atoms with Crippen LogP contribution in [0, 0.1) is 0 Å².